The Morgan fingerprint density at radius 3 is 2.56 bits per heavy atom. The summed E-state index contributed by atoms with van der Waals surface area (Å²) >= 11 is 0. The summed E-state index contributed by atoms with van der Waals surface area (Å²) in [5, 5.41) is 8.76. The molecule has 7 heteroatoms. The first kappa shape index (κ1) is 13.8. The molecule has 1 aromatic rings. The lowest BCUT2D eigenvalue weighted by Crippen LogP contribution is -2.35. The van der Waals surface area contributed by atoms with Gasteiger partial charge in [0.2, 0.25) is 0 Å². The summed E-state index contributed by atoms with van der Waals surface area (Å²) in [6, 6.07) is 1.34. The number of hydrogen-bond acceptors (Lipinski definition) is 5. The highest BCUT2D eigenvalue weighted by Gasteiger charge is 2.15. The predicted molar refractivity (Wildman–Crippen MR) is 64.2 cm³/mol. The summed E-state index contributed by atoms with van der Waals surface area (Å²) in [4.78, 5) is 25.7. The van der Waals surface area contributed by atoms with Gasteiger partial charge >= 0.3 is 12.1 Å². The van der Waals surface area contributed by atoms with Crippen molar-refractivity contribution in [2.24, 2.45) is 0 Å². The van der Waals surface area contributed by atoms with Crippen LogP contribution in [0.5, 0.6) is 0 Å². The number of hydrazine groups is 1. The van der Waals surface area contributed by atoms with Crippen molar-refractivity contribution in [1.82, 2.24) is 10.4 Å². The van der Waals surface area contributed by atoms with Gasteiger partial charge in [-0.2, -0.15) is 0 Å². The first-order valence-electron chi connectivity index (χ1n) is 5.21. The Bertz CT molecular complexity index is 454. The van der Waals surface area contributed by atoms with Gasteiger partial charge in [0.05, 0.1) is 17.4 Å². The number of carboxylic acid groups (broad SMARTS) is 1. The quantitative estimate of drug-likeness (QED) is 0.708. The number of hydrogen-bond donors (Lipinski definition) is 3. The van der Waals surface area contributed by atoms with Crippen molar-refractivity contribution in [2.75, 3.05) is 5.43 Å². The molecular formula is C11H15N3O4. The molecule has 0 aromatic carbocycles. The molecule has 98 valence electrons. The topological polar surface area (TPSA) is 101 Å². The molecule has 1 aromatic heterocycles. The van der Waals surface area contributed by atoms with Crippen LogP contribution in [0.1, 0.15) is 31.1 Å². The van der Waals surface area contributed by atoms with E-state index in [2.05, 4.69) is 15.8 Å². The molecule has 0 unspecified atom stereocenters. The summed E-state index contributed by atoms with van der Waals surface area (Å²) < 4.78 is 4.99. The zero-order chi connectivity index (χ0) is 13.8. The molecule has 0 saturated heterocycles. The zero-order valence-corrected chi connectivity index (χ0v) is 10.4. The minimum Gasteiger partial charge on any atom is -0.478 e. The van der Waals surface area contributed by atoms with Gasteiger partial charge in [-0.05, 0) is 26.8 Å². The fourth-order valence-electron chi connectivity index (χ4n) is 1.05. The van der Waals surface area contributed by atoms with E-state index in [-0.39, 0.29) is 5.56 Å². The van der Waals surface area contributed by atoms with E-state index in [0.29, 0.717) is 5.69 Å². The number of rotatable bonds is 3. The van der Waals surface area contributed by atoms with Gasteiger partial charge in [0.1, 0.15) is 5.60 Å². The van der Waals surface area contributed by atoms with Crippen LogP contribution in [0.3, 0.4) is 0 Å². The van der Waals surface area contributed by atoms with E-state index in [1.54, 1.807) is 20.8 Å². The molecule has 3 N–H and O–H groups in total. The van der Waals surface area contributed by atoms with Crippen molar-refractivity contribution in [3.63, 3.8) is 0 Å². The Morgan fingerprint density at radius 1 is 1.33 bits per heavy atom. The van der Waals surface area contributed by atoms with Crippen molar-refractivity contribution in [2.45, 2.75) is 26.4 Å². The molecule has 18 heavy (non-hydrogen) atoms. The molecule has 7 nitrogen and oxygen atoms in total. The van der Waals surface area contributed by atoms with E-state index in [9.17, 15) is 9.59 Å². The number of pyridine rings is 1. The highest BCUT2D eigenvalue weighted by molar-refractivity contribution is 5.88. The van der Waals surface area contributed by atoms with Crippen LogP contribution in [0.25, 0.3) is 0 Å². The molecule has 1 rings (SSSR count). The van der Waals surface area contributed by atoms with Gasteiger partial charge < -0.3 is 9.84 Å². The van der Waals surface area contributed by atoms with Gasteiger partial charge in [0.15, 0.2) is 0 Å². The highest BCUT2D eigenvalue weighted by Crippen LogP contribution is 2.08. The summed E-state index contributed by atoms with van der Waals surface area (Å²) in [6.07, 6.45) is 1.92. The Labute approximate surface area is 104 Å². The average Bonchev–Trinajstić information content (AvgIpc) is 2.24. The maximum absolute atomic E-state index is 11.3. The third-order valence-corrected chi connectivity index (χ3v) is 1.69. The minimum atomic E-state index is -1.09. The maximum atomic E-state index is 11.3. The molecule has 1 amide bonds. The Kier molecular flexibility index (Phi) is 4.09. The van der Waals surface area contributed by atoms with E-state index in [1.807, 2.05) is 0 Å². The fraction of sp³-hybridized carbons (Fsp3) is 0.364. The number of nitrogens with zero attached hydrogens (tertiary/aromatic N) is 1. The lowest BCUT2D eigenvalue weighted by Gasteiger charge is -2.20. The zero-order valence-electron chi connectivity index (χ0n) is 10.4. The number of carbonyl (C=O) groups is 2. The summed E-state index contributed by atoms with van der Waals surface area (Å²) in [5.74, 6) is -1.09. The minimum absolute atomic E-state index is 0.0194. The molecule has 0 atom stereocenters. The monoisotopic (exact) mass is 253 g/mol. The average molecular weight is 253 g/mol. The maximum Gasteiger partial charge on any atom is 0.426 e. The van der Waals surface area contributed by atoms with Crippen LogP contribution in [-0.2, 0) is 4.74 Å². The third kappa shape index (κ3) is 4.69. The molecule has 0 aliphatic heterocycles. The number of amides is 1. The van der Waals surface area contributed by atoms with Crippen molar-refractivity contribution < 1.29 is 19.4 Å². The van der Waals surface area contributed by atoms with E-state index in [0.717, 1.165) is 0 Å². The molecule has 0 aliphatic carbocycles. The van der Waals surface area contributed by atoms with Crippen LogP contribution in [0.4, 0.5) is 10.5 Å². The number of aromatic carboxylic acids is 1. The largest absolute Gasteiger partial charge is 0.478 e. The van der Waals surface area contributed by atoms with Crippen molar-refractivity contribution in [3.05, 3.63) is 24.0 Å². The second kappa shape index (κ2) is 5.35. The molecule has 0 fully saturated rings. The first-order valence-corrected chi connectivity index (χ1v) is 5.21. The second-order valence-electron chi connectivity index (χ2n) is 4.52. The number of carboxylic acids is 1. The standard InChI is InChI=1S/C11H15N3O4/c1-11(2,3)18-10(17)14-13-8-4-7(9(15)16)5-12-6-8/h4-6,13H,1-3H3,(H,14,17)(H,15,16). The summed E-state index contributed by atoms with van der Waals surface area (Å²) in [5.41, 5.74) is 4.55. The lowest BCUT2D eigenvalue weighted by atomic mass is 10.2. The number of aromatic nitrogens is 1. The normalized spacial score (nSPS) is 10.6. The molecule has 0 aliphatic rings. The first-order chi connectivity index (χ1) is 8.28. The SMILES string of the molecule is CC(C)(C)OC(=O)NNc1cncc(C(=O)O)c1. The van der Waals surface area contributed by atoms with E-state index < -0.39 is 17.7 Å². The molecule has 1 heterocycles. The van der Waals surface area contributed by atoms with Crippen LogP contribution in [-0.4, -0.2) is 27.8 Å². The van der Waals surface area contributed by atoms with Gasteiger partial charge in [-0.15, -0.1) is 0 Å². The number of carbonyl (C=O) groups excluding carboxylic acids is 1. The van der Waals surface area contributed by atoms with Gasteiger partial charge in [0, 0.05) is 6.20 Å². The van der Waals surface area contributed by atoms with Gasteiger partial charge in [-0.25, -0.2) is 15.0 Å². The van der Waals surface area contributed by atoms with E-state index >= 15 is 0 Å². The molecule has 0 radical (unpaired) electrons. The summed E-state index contributed by atoms with van der Waals surface area (Å²) in [7, 11) is 0. The van der Waals surface area contributed by atoms with Crippen molar-refractivity contribution >= 4 is 17.7 Å². The molecular weight excluding hydrogens is 238 g/mol. The number of nitrogens with one attached hydrogen (secondary N) is 2. The van der Waals surface area contributed by atoms with Gasteiger partial charge in [-0.1, -0.05) is 0 Å². The van der Waals surface area contributed by atoms with Crippen molar-refractivity contribution in [3.8, 4) is 0 Å². The van der Waals surface area contributed by atoms with Crippen LogP contribution >= 0.6 is 0 Å². The lowest BCUT2D eigenvalue weighted by molar-refractivity contribution is 0.0540. The van der Waals surface area contributed by atoms with Gasteiger partial charge in [-0.3, -0.25) is 10.4 Å². The highest BCUT2D eigenvalue weighted by atomic mass is 16.6. The molecule has 0 bridgehead atoms. The fourth-order valence-corrected chi connectivity index (χ4v) is 1.05. The van der Waals surface area contributed by atoms with E-state index in [4.69, 9.17) is 9.84 Å². The Hall–Kier alpha value is -2.31. The Balaban J connectivity index is 2.56. The smallest absolute Gasteiger partial charge is 0.426 e. The molecule has 0 saturated carbocycles. The van der Waals surface area contributed by atoms with Gasteiger partial charge in [0.25, 0.3) is 0 Å². The number of anilines is 1. The Morgan fingerprint density at radius 2 is 2.00 bits per heavy atom. The van der Waals surface area contributed by atoms with Crippen LogP contribution in [0.15, 0.2) is 18.5 Å². The summed E-state index contributed by atoms with van der Waals surface area (Å²) in [6.45, 7) is 5.21. The van der Waals surface area contributed by atoms with Crippen LogP contribution in [0.2, 0.25) is 0 Å². The van der Waals surface area contributed by atoms with E-state index in [1.165, 1.54) is 18.5 Å². The molecule has 0 spiro atoms. The van der Waals surface area contributed by atoms with Crippen LogP contribution < -0.4 is 10.9 Å². The third-order valence-electron chi connectivity index (χ3n) is 1.69. The number of ether oxygens (including phenoxy) is 1. The van der Waals surface area contributed by atoms with Crippen molar-refractivity contribution in [1.29, 1.82) is 0 Å². The second-order valence-corrected chi connectivity index (χ2v) is 4.52. The predicted octanol–water partition coefficient (Wildman–Crippen LogP) is 1.63. The van der Waals surface area contributed by atoms with Crippen LogP contribution in [0, 0.1) is 0 Å².